The number of ether oxygens (including phenoxy) is 1. The number of nitrogens with two attached hydrogens (primary N) is 1. The predicted molar refractivity (Wildman–Crippen MR) is 140 cm³/mol. The van der Waals surface area contributed by atoms with Crippen molar-refractivity contribution in [2.75, 3.05) is 31.5 Å². The van der Waals surface area contributed by atoms with Crippen LogP contribution in [0.15, 0.2) is 40.4 Å². The lowest BCUT2D eigenvalue weighted by atomic mass is 9.95. The van der Waals surface area contributed by atoms with E-state index in [1.807, 2.05) is 0 Å². The van der Waals surface area contributed by atoms with E-state index >= 15 is 0 Å². The highest BCUT2D eigenvalue weighted by atomic mass is 35.5. The summed E-state index contributed by atoms with van der Waals surface area (Å²) in [5.74, 6) is -3.93. The van der Waals surface area contributed by atoms with Gasteiger partial charge in [-0.15, -0.1) is 0 Å². The summed E-state index contributed by atoms with van der Waals surface area (Å²) in [7, 11) is -4.37. The summed E-state index contributed by atoms with van der Waals surface area (Å²) in [6, 6.07) is 2.50. The zero-order valence-electron chi connectivity index (χ0n) is 21.8. The lowest BCUT2D eigenvalue weighted by Crippen LogP contribution is -2.37. The van der Waals surface area contributed by atoms with Gasteiger partial charge >= 0.3 is 6.09 Å². The van der Waals surface area contributed by atoms with E-state index in [1.165, 1.54) is 22.1 Å². The fourth-order valence-electron chi connectivity index (χ4n) is 4.15. The Balaban J connectivity index is 1.36. The standard InChI is InChI=1S/C25H26ClF2N5O6S/c1-25(2,3)23(35)31-19-4-15(26)7-30-20(19)12-39-24(36)33-10-13-8-32(9-14(13)11-33)22(34)21-17(27)5-16(6-18(21)28)40(29,37)38/h4-7H,8-12H2,1-3H3,(H,31,35)(H2,29,37,38). The Morgan fingerprint density at radius 2 is 1.60 bits per heavy atom. The summed E-state index contributed by atoms with van der Waals surface area (Å²) in [5.41, 5.74) is 0.469. The number of primary sulfonamides is 1. The van der Waals surface area contributed by atoms with Crippen molar-refractivity contribution < 1.29 is 36.3 Å². The van der Waals surface area contributed by atoms with Crippen molar-refractivity contribution in [1.29, 1.82) is 0 Å². The van der Waals surface area contributed by atoms with Gasteiger partial charge in [-0.05, 0) is 29.3 Å². The molecule has 0 unspecified atom stereocenters. The highest BCUT2D eigenvalue weighted by molar-refractivity contribution is 7.89. The molecule has 2 aliphatic heterocycles. The second-order valence-electron chi connectivity index (χ2n) is 10.4. The number of rotatable bonds is 5. The minimum atomic E-state index is -4.37. The average Bonchev–Trinajstić information content (AvgIpc) is 3.41. The highest BCUT2D eigenvalue weighted by Gasteiger charge is 2.37. The Hall–Kier alpha value is -3.62. The second-order valence-corrected chi connectivity index (χ2v) is 12.4. The molecule has 15 heteroatoms. The van der Waals surface area contributed by atoms with E-state index in [4.69, 9.17) is 21.5 Å². The molecular formula is C25H26ClF2N5O6S. The van der Waals surface area contributed by atoms with Gasteiger partial charge in [0, 0.05) is 37.8 Å². The molecule has 2 aliphatic rings. The van der Waals surface area contributed by atoms with Gasteiger partial charge in [0.25, 0.3) is 5.91 Å². The van der Waals surface area contributed by atoms with Crippen LogP contribution in [0.25, 0.3) is 0 Å². The number of pyridine rings is 1. The molecule has 40 heavy (non-hydrogen) atoms. The van der Waals surface area contributed by atoms with Crippen molar-refractivity contribution in [2.45, 2.75) is 32.3 Å². The molecule has 3 N–H and O–H groups in total. The van der Waals surface area contributed by atoms with Crippen LogP contribution in [-0.2, 0) is 26.2 Å². The number of hydrogen-bond acceptors (Lipinski definition) is 7. The normalized spacial score (nSPS) is 15.4. The van der Waals surface area contributed by atoms with Gasteiger partial charge in [0.05, 0.1) is 15.6 Å². The molecule has 0 atom stereocenters. The average molecular weight is 598 g/mol. The fourth-order valence-corrected chi connectivity index (χ4v) is 4.85. The van der Waals surface area contributed by atoms with E-state index < -0.39 is 49.5 Å². The van der Waals surface area contributed by atoms with Gasteiger partial charge in [0.2, 0.25) is 15.9 Å². The number of sulfonamides is 1. The first-order chi connectivity index (χ1) is 18.5. The van der Waals surface area contributed by atoms with Crippen molar-refractivity contribution in [2.24, 2.45) is 10.6 Å². The molecule has 11 nitrogen and oxygen atoms in total. The Kier molecular flexibility index (Phi) is 7.89. The molecule has 0 saturated heterocycles. The molecule has 4 rings (SSSR count). The van der Waals surface area contributed by atoms with E-state index in [2.05, 4.69) is 10.3 Å². The fraction of sp³-hybridized carbons (Fsp3) is 0.360. The molecule has 1 aromatic carbocycles. The van der Waals surface area contributed by atoms with E-state index in [-0.39, 0.29) is 38.7 Å². The van der Waals surface area contributed by atoms with Crippen molar-refractivity contribution in [3.05, 3.63) is 63.5 Å². The Morgan fingerprint density at radius 1 is 1.05 bits per heavy atom. The summed E-state index contributed by atoms with van der Waals surface area (Å²) in [5, 5.41) is 7.94. The van der Waals surface area contributed by atoms with Gasteiger partial charge in [-0.2, -0.15) is 0 Å². The molecule has 1 aromatic heterocycles. The summed E-state index contributed by atoms with van der Waals surface area (Å²) in [4.78, 5) is 44.0. The van der Waals surface area contributed by atoms with Crippen LogP contribution in [0.3, 0.4) is 0 Å². The van der Waals surface area contributed by atoms with E-state index in [9.17, 15) is 31.6 Å². The van der Waals surface area contributed by atoms with E-state index in [0.29, 0.717) is 28.5 Å². The number of amides is 3. The Morgan fingerprint density at radius 3 is 2.12 bits per heavy atom. The van der Waals surface area contributed by atoms with Crippen molar-refractivity contribution in [1.82, 2.24) is 14.8 Å². The SMILES string of the molecule is CC(C)(C)C(=O)Nc1cc(Cl)cnc1COC(=O)N1CC2=C(C1)CN(C(=O)c1c(F)cc(S(N)(=O)=O)cc1F)C2. The van der Waals surface area contributed by atoms with Crippen LogP contribution in [0.1, 0.15) is 36.8 Å². The number of benzene rings is 1. The maximum Gasteiger partial charge on any atom is 0.410 e. The van der Waals surface area contributed by atoms with Crippen LogP contribution in [0.4, 0.5) is 19.3 Å². The van der Waals surface area contributed by atoms with Gasteiger partial charge in [0.1, 0.15) is 29.5 Å². The number of anilines is 1. The Labute approximate surface area is 234 Å². The summed E-state index contributed by atoms with van der Waals surface area (Å²) in [6.45, 7) is 5.30. The summed E-state index contributed by atoms with van der Waals surface area (Å²) >= 11 is 6.02. The van der Waals surface area contributed by atoms with Crippen LogP contribution >= 0.6 is 11.6 Å². The molecule has 0 aliphatic carbocycles. The third kappa shape index (κ3) is 6.24. The number of hydrogen-bond donors (Lipinski definition) is 2. The Bertz CT molecular complexity index is 1520. The van der Waals surface area contributed by atoms with Crippen LogP contribution < -0.4 is 10.5 Å². The molecule has 2 aromatic rings. The number of aromatic nitrogens is 1. The minimum absolute atomic E-state index is 0.0233. The summed E-state index contributed by atoms with van der Waals surface area (Å²) in [6.07, 6.45) is 0.705. The highest BCUT2D eigenvalue weighted by Crippen LogP contribution is 2.29. The molecule has 214 valence electrons. The molecule has 0 spiro atoms. The number of carbonyl (C=O) groups is 3. The number of nitrogens with zero attached hydrogens (tertiary/aromatic N) is 3. The first-order valence-corrected chi connectivity index (χ1v) is 13.9. The molecule has 3 heterocycles. The smallest absolute Gasteiger partial charge is 0.410 e. The monoisotopic (exact) mass is 597 g/mol. The van der Waals surface area contributed by atoms with Gasteiger partial charge < -0.3 is 19.9 Å². The van der Waals surface area contributed by atoms with Gasteiger partial charge in [-0.25, -0.2) is 27.1 Å². The van der Waals surface area contributed by atoms with E-state index in [0.717, 1.165) is 11.1 Å². The van der Waals surface area contributed by atoms with E-state index in [1.54, 1.807) is 20.8 Å². The second kappa shape index (κ2) is 10.7. The van der Waals surface area contributed by atoms with Gasteiger partial charge in [0.15, 0.2) is 0 Å². The van der Waals surface area contributed by atoms with Crippen LogP contribution in [0, 0.1) is 17.0 Å². The molecule has 0 radical (unpaired) electrons. The van der Waals surface area contributed by atoms with Gasteiger partial charge in [-0.1, -0.05) is 32.4 Å². The van der Waals surface area contributed by atoms with Crippen LogP contribution in [-0.4, -0.2) is 67.3 Å². The third-order valence-corrected chi connectivity index (χ3v) is 7.43. The zero-order chi connectivity index (χ0) is 29.6. The first kappa shape index (κ1) is 29.4. The number of nitrogens with one attached hydrogen (secondary N) is 1. The van der Waals surface area contributed by atoms with Crippen LogP contribution in [0.2, 0.25) is 5.02 Å². The molecule has 0 fully saturated rings. The van der Waals surface area contributed by atoms with Crippen molar-refractivity contribution >= 4 is 45.2 Å². The van der Waals surface area contributed by atoms with Gasteiger partial charge in [-0.3, -0.25) is 14.6 Å². The molecule has 0 saturated carbocycles. The van der Waals surface area contributed by atoms with Crippen molar-refractivity contribution in [3.8, 4) is 0 Å². The molecular weight excluding hydrogens is 572 g/mol. The third-order valence-electron chi connectivity index (χ3n) is 6.33. The maximum absolute atomic E-state index is 14.5. The largest absolute Gasteiger partial charge is 0.443 e. The number of halogens is 3. The topological polar surface area (TPSA) is 152 Å². The lowest BCUT2D eigenvalue weighted by Gasteiger charge is -2.23. The van der Waals surface area contributed by atoms with Crippen LogP contribution in [0.5, 0.6) is 0 Å². The predicted octanol–water partition coefficient (Wildman–Crippen LogP) is 3.05. The molecule has 0 bridgehead atoms. The first-order valence-electron chi connectivity index (χ1n) is 11.9. The zero-order valence-corrected chi connectivity index (χ0v) is 23.3. The maximum atomic E-state index is 14.5. The molecule has 3 amide bonds. The summed E-state index contributed by atoms with van der Waals surface area (Å²) < 4.78 is 57.2. The number of carbonyl (C=O) groups excluding carboxylic acids is 3. The quantitative estimate of drug-likeness (QED) is 0.503. The lowest BCUT2D eigenvalue weighted by molar-refractivity contribution is -0.123. The van der Waals surface area contributed by atoms with Crippen molar-refractivity contribution in [3.63, 3.8) is 0 Å². The minimum Gasteiger partial charge on any atom is -0.443 e.